The van der Waals surface area contributed by atoms with Crippen LogP contribution in [-0.2, 0) is 6.54 Å². The van der Waals surface area contributed by atoms with Crippen LogP contribution in [0.5, 0.6) is 0 Å². The molecule has 1 aromatic rings. The molecule has 16 heavy (non-hydrogen) atoms. The van der Waals surface area contributed by atoms with Gasteiger partial charge in [-0.15, -0.1) is 0 Å². The van der Waals surface area contributed by atoms with E-state index in [1.165, 1.54) is 36.1 Å². The normalized spacial score (nSPS) is 15.2. The molecule has 0 atom stereocenters. The largest absolute Gasteiger partial charge is 0.368 e. The summed E-state index contributed by atoms with van der Waals surface area (Å²) in [6.45, 7) is 6.19. The first-order valence-electron chi connectivity index (χ1n) is 6.32. The Morgan fingerprint density at radius 1 is 1.38 bits per heavy atom. The van der Waals surface area contributed by atoms with E-state index in [9.17, 15) is 0 Å². The van der Waals surface area contributed by atoms with Crippen LogP contribution in [0.2, 0.25) is 0 Å². The number of benzene rings is 1. The first-order valence-corrected chi connectivity index (χ1v) is 6.32. The number of rotatable bonds is 5. The number of anilines is 1. The quantitative estimate of drug-likeness (QED) is 0.823. The summed E-state index contributed by atoms with van der Waals surface area (Å²) in [7, 11) is 0. The molecule has 1 aromatic carbocycles. The van der Waals surface area contributed by atoms with Gasteiger partial charge in [0, 0.05) is 24.8 Å². The summed E-state index contributed by atoms with van der Waals surface area (Å²) in [4.78, 5) is 2.55. The highest BCUT2D eigenvalue weighted by Crippen LogP contribution is 2.34. The lowest BCUT2D eigenvalue weighted by atomic mass is 10.1. The molecule has 0 unspecified atom stereocenters. The first-order chi connectivity index (χ1) is 7.76. The summed E-state index contributed by atoms with van der Waals surface area (Å²) < 4.78 is 0. The van der Waals surface area contributed by atoms with Crippen LogP contribution in [0.1, 0.15) is 37.3 Å². The van der Waals surface area contributed by atoms with E-state index >= 15 is 0 Å². The molecule has 0 spiro atoms. The van der Waals surface area contributed by atoms with Gasteiger partial charge in [0.05, 0.1) is 0 Å². The van der Waals surface area contributed by atoms with Crippen molar-refractivity contribution in [1.82, 2.24) is 0 Å². The Kier molecular flexibility index (Phi) is 3.49. The van der Waals surface area contributed by atoms with E-state index in [2.05, 4.69) is 36.9 Å². The van der Waals surface area contributed by atoms with Crippen molar-refractivity contribution in [1.29, 1.82) is 0 Å². The van der Waals surface area contributed by atoms with Crippen molar-refractivity contribution in [3.05, 3.63) is 29.3 Å². The highest BCUT2D eigenvalue weighted by molar-refractivity contribution is 5.57. The number of hydrogen-bond acceptors (Lipinski definition) is 2. The zero-order valence-corrected chi connectivity index (χ0v) is 10.4. The zero-order chi connectivity index (χ0) is 11.5. The fourth-order valence-corrected chi connectivity index (χ4v) is 2.24. The summed E-state index contributed by atoms with van der Waals surface area (Å²) in [5.74, 6) is 0. The maximum atomic E-state index is 5.83. The van der Waals surface area contributed by atoms with E-state index in [4.69, 9.17) is 5.73 Å². The first kappa shape index (κ1) is 11.5. The predicted molar refractivity (Wildman–Crippen MR) is 69.7 cm³/mol. The third-order valence-corrected chi connectivity index (χ3v) is 3.22. The van der Waals surface area contributed by atoms with Gasteiger partial charge in [-0.3, -0.25) is 0 Å². The Morgan fingerprint density at radius 2 is 2.12 bits per heavy atom. The van der Waals surface area contributed by atoms with Crippen molar-refractivity contribution in [2.45, 2.75) is 45.7 Å². The lowest BCUT2D eigenvalue weighted by Crippen LogP contribution is -2.28. The Morgan fingerprint density at radius 3 is 2.69 bits per heavy atom. The van der Waals surface area contributed by atoms with Gasteiger partial charge in [-0.1, -0.05) is 19.1 Å². The molecule has 2 heteroatoms. The third kappa shape index (κ3) is 2.38. The van der Waals surface area contributed by atoms with Crippen molar-refractivity contribution in [3.63, 3.8) is 0 Å². The molecular formula is C14H22N2. The van der Waals surface area contributed by atoms with E-state index < -0.39 is 0 Å². The van der Waals surface area contributed by atoms with Gasteiger partial charge in [0.1, 0.15) is 0 Å². The summed E-state index contributed by atoms with van der Waals surface area (Å²) >= 11 is 0. The summed E-state index contributed by atoms with van der Waals surface area (Å²) in [6, 6.07) is 7.39. The molecule has 1 saturated carbocycles. The average Bonchev–Trinajstić information content (AvgIpc) is 3.10. The van der Waals surface area contributed by atoms with Crippen molar-refractivity contribution in [2.75, 3.05) is 11.4 Å². The van der Waals surface area contributed by atoms with E-state index in [1.54, 1.807) is 0 Å². The maximum Gasteiger partial charge on any atom is 0.0416 e. The Labute approximate surface area is 98.4 Å². The molecule has 0 aliphatic heterocycles. The van der Waals surface area contributed by atoms with Gasteiger partial charge in [0.15, 0.2) is 0 Å². The topological polar surface area (TPSA) is 29.3 Å². The van der Waals surface area contributed by atoms with Crippen LogP contribution in [0.3, 0.4) is 0 Å². The van der Waals surface area contributed by atoms with Crippen LogP contribution < -0.4 is 10.6 Å². The van der Waals surface area contributed by atoms with Crippen molar-refractivity contribution >= 4 is 5.69 Å². The number of nitrogens with zero attached hydrogens (tertiary/aromatic N) is 1. The van der Waals surface area contributed by atoms with Gasteiger partial charge in [-0.05, 0) is 43.4 Å². The number of hydrogen-bond donors (Lipinski definition) is 1. The molecule has 1 aliphatic rings. The monoisotopic (exact) mass is 218 g/mol. The molecule has 0 heterocycles. The Balaban J connectivity index is 2.30. The van der Waals surface area contributed by atoms with Gasteiger partial charge in [0.2, 0.25) is 0 Å². The van der Waals surface area contributed by atoms with Crippen molar-refractivity contribution < 1.29 is 0 Å². The minimum Gasteiger partial charge on any atom is -0.368 e. The van der Waals surface area contributed by atoms with Gasteiger partial charge >= 0.3 is 0 Å². The zero-order valence-electron chi connectivity index (χ0n) is 10.4. The van der Waals surface area contributed by atoms with Crippen LogP contribution in [-0.4, -0.2) is 12.6 Å². The summed E-state index contributed by atoms with van der Waals surface area (Å²) in [5.41, 5.74) is 9.81. The second-order valence-corrected chi connectivity index (χ2v) is 4.76. The van der Waals surface area contributed by atoms with Gasteiger partial charge in [-0.2, -0.15) is 0 Å². The smallest absolute Gasteiger partial charge is 0.0416 e. The fourth-order valence-electron chi connectivity index (χ4n) is 2.24. The minimum absolute atomic E-state index is 0.641. The second kappa shape index (κ2) is 4.88. The van der Waals surface area contributed by atoms with Crippen LogP contribution >= 0.6 is 0 Å². The molecule has 1 aliphatic carbocycles. The maximum absolute atomic E-state index is 5.83. The Bertz CT molecular complexity index is 356. The van der Waals surface area contributed by atoms with Crippen LogP contribution in [0.4, 0.5) is 5.69 Å². The van der Waals surface area contributed by atoms with Crippen LogP contribution in [0.15, 0.2) is 18.2 Å². The highest BCUT2D eigenvalue weighted by Gasteiger charge is 2.29. The lowest BCUT2D eigenvalue weighted by Gasteiger charge is -2.27. The van der Waals surface area contributed by atoms with E-state index in [0.29, 0.717) is 6.54 Å². The van der Waals surface area contributed by atoms with E-state index in [-0.39, 0.29) is 0 Å². The molecule has 0 radical (unpaired) electrons. The van der Waals surface area contributed by atoms with E-state index in [0.717, 1.165) is 12.6 Å². The van der Waals surface area contributed by atoms with Crippen LogP contribution in [0.25, 0.3) is 0 Å². The fraction of sp³-hybridized carbons (Fsp3) is 0.571. The number of nitrogens with two attached hydrogens (primary N) is 1. The third-order valence-electron chi connectivity index (χ3n) is 3.22. The average molecular weight is 218 g/mol. The van der Waals surface area contributed by atoms with Crippen molar-refractivity contribution in [2.24, 2.45) is 5.73 Å². The second-order valence-electron chi connectivity index (χ2n) is 4.76. The van der Waals surface area contributed by atoms with Gasteiger partial charge < -0.3 is 10.6 Å². The highest BCUT2D eigenvalue weighted by atomic mass is 15.2. The molecule has 2 N–H and O–H groups in total. The van der Waals surface area contributed by atoms with Gasteiger partial charge in [0.25, 0.3) is 0 Å². The molecule has 2 nitrogen and oxygen atoms in total. The molecule has 0 saturated heterocycles. The number of aryl methyl sites for hydroxylation is 1. The SMILES string of the molecule is CCCN(c1cc(C)ccc1CN)C1CC1. The molecule has 0 amide bonds. The molecule has 2 rings (SSSR count). The van der Waals surface area contributed by atoms with Crippen LogP contribution in [0, 0.1) is 6.92 Å². The molecular weight excluding hydrogens is 196 g/mol. The van der Waals surface area contributed by atoms with Gasteiger partial charge in [-0.25, -0.2) is 0 Å². The minimum atomic E-state index is 0.641. The van der Waals surface area contributed by atoms with Crippen molar-refractivity contribution in [3.8, 4) is 0 Å². The predicted octanol–water partition coefficient (Wildman–Crippen LogP) is 2.83. The standard InChI is InChI=1S/C14H22N2/c1-3-8-16(13-6-7-13)14-9-11(2)4-5-12(14)10-15/h4-5,9,13H,3,6-8,10,15H2,1-2H3. The Hall–Kier alpha value is -1.02. The lowest BCUT2D eigenvalue weighted by molar-refractivity contribution is 0.756. The molecule has 88 valence electrons. The molecule has 1 fully saturated rings. The summed E-state index contributed by atoms with van der Waals surface area (Å²) in [6.07, 6.45) is 3.89. The summed E-state index contributed by atoms with van der Waals surface area (Å²) in [5, 5.41) is 0. The molecule has 0 bridgehead atoms. The van der Waals surface area contributed by atoms with E-state index in [1.807, 2.05) is 0 Å². The molecule has 0 aromatic heterocycles.